The molecule has 2 aliphatic rings. The van der Waals surface area contributed by atoms with Crippen molar-refractivity contribution in [1.82, 2.24) is 5.32 Å². The molecule has 0 amide bonds. The van der Waals surface area contributed by atoms with Crippen molar-refractivity contribution < 1.29 is 13.9 Å². The number of methoxy groups -OCH3 is 2. The van der Waals surface area contributed by atoms with E-state index in [4.69, 9.17) is 13.9 Å². The number of hydrogen-bond acceptors (Lipinski definition) is 4. The predicted molar refractivity (Wildman–Crippen MR) is 95.9 cm³/mol. The van der Waals surface area contributed by atoms with Gasteiger partial charge in [0, 0.05) is 11.5 Å². The Morgan fingerprint density at radius 2 is 1.92 bits per heavy atom. The number of piperidine rings is 1. The molecule has 4 nitrogen and oxygen atoms in total. The molecule has 0 bridgehead atoms. The monoisotopic (exact) mass is 337 g/mol. The molecule has 1 aromatic carbocycles. The molecule has 4 rings (SSSR count). The minimum atomic E-state index is -0.199. The van der Waals surface area contributed by atoms with Crippen molar-refractivity contribution in [2.75, 3.05) is 20.8 Å². The molecule has 0 saturated carbocycles. The van der Waals surface area contributed by atoms with E-state index in [0.717, 1.165) is 30.2 Å². The van der Waals surface area contributed by atoms with Crippen LogP contribution < -0.4 is 5.32 Å². The lowest BCUT2D eigenvalue weighted by atomic mass is 9.60. The molecule has 130 valence electrons. The summed E-state index contributed by atoms with van der Waals surface area (Å²) in [5, 5.41) is 3.63. The summed E-state index contributed by atoms with van der Waals surface area (Å²) in [6, 6.07) is 14.6. The topological polar surface area (TPSA) is 43.6 Å². The Morgan fingerprint density at radius 1 is 1.08 bits per heavy atom. The molecule has 0 radical (unpaired) electrons. The summed E-state index contributed by atoms with van der Waals surface area (Å²) in [5.41, 5.74) is 1.07. The molecule has 0 unspecified atom stereocenters. The first-order chi connectivity index (χ1) is 12.3. The number of benzene rings is 1. The van der Waals surface area contributed by atoms with Crippen LogP contribution in [0.1, 0.15) is 23.8 Å². The van der Waals surface area contributed by atoms with Gasteiger partial charge in [-0.2, -0.15) is 0 Å². The van der Waals surface area contributed by atoms with Gasteiger partial charge in [-0.15, -0.1) is 0 Å². The first kappa shape index (κ1) is 16.0. The van der Waals surface area contributed by atoms with E-state index in [1.54, 1.807) is 20.5 Å². The molecule has 4 heteroatoms. The molecule has 25 heavy (non-hydrogen) atoms. The third-order valence-electron chi connectivity index (χ3n) is 5.41. The number of rotatable bonds is 4. The van der Waals surface area contributed by atoms with Crippen molar-refractivity contribution in [3.05, 3.63) is 83.7 Å². The van der Waals surface area contributed by atoms with Crippen molar-refractivity contribution in [2.45, 2.75) is 17.9 Å². The molecule has 1 saturated heterocycles. The van der Waals surface area contributed by atoms with Gasteiger partial charge in [0.15, 0.2) is 0 Å². The fourth-order valence-corrected chi connectivity index (χ4v) is 4.30. The second kappa shape index (κ2) is 6.45. The minimum absolute atomic E-state index is 0.0461. The van der Waals surface area contributed by atoms with E-state index in [1.807, 2.05) is 18.2 Å². The number of nitrogens with one attached hydrogen (secondary N) is 1. The Kier molecular flexibility index (Phi) is 4.14. The van der Waals surface area contributed by atoms with Gasteiger partial charge in [-0.05, 0) is 36.7 Å². The number of hydrogen-bond donors (Lipinski definition) is 1. The van der Waals surface area contributed by atoms with Crippen molar-refractivity contribution >= 4 is 0 Å². The van der Waals surface area contributed by atoms with E-state index in [-0.39, 0.29) is 17.4 Å². The van der Waals surface area contributed by atoms with Crippen LogP contribution in [0, 0.1) is 5.92 Å². The van der Waals surface area contributed by atoms with Gasteiger partial charge in [0.25, 0.3) is 0 Å². The van der Waals surface area contributed by atoms with Crippen LogP contribution in [0.15, 0.2) is 76.8 Å². The normalized spacial score (nSPS) is 28.6. The summed E-state index contributed by atoms with van der Waals surface area (Å²) in [6.45, 7) is 0.890. The lowest BCUT2D eigenvalue weighted by Gasteiger charge is -2.49. The molecule has 2 heterocycles. The lowest BCUT2D eigenvalue weighted by Crippen LogP contribution is -2.51. The quantitative estimate of drug-likeness (QED) is 0.918. The van der Waals surface area contributed by atoms with Crippen LogP contribution in [0.2, 0.25) is 0 Å². The Morgan fingerprint density at radius 3 is 2.60 bits per heavy atom. The molecule has 1 aliphatic carbocycles. The van der Waals surface area contributed by atoms with Crippen LogP contribution in [0.25, 0.3) is 0 Å². The van der Waals surface area contributed by atoms with Crippen LogP contribution in [-0.4, -0.2) is 20.8 Å². The number of fused-ring (bicyclic) bond motifs is 1. The van der Waals surface area contributed by atoms with Gasteiger partial charge >= 0.3 is 0 Å². The van der Waals surface area contributed by atoms with E-state index in [1.165, 1.54) is 5.56 Å². The Balaban J connectivity index is 1.90. The zero-order valence-corrected chi connectivity index (χ0v) is 14.6. The minimum Gasteiger partial charge on any atom is -0.501 e. The van der Waals surface area contributed by atoms with E-state index < -0.39 is 0 Å². The maximum atomic E-state index is 5.83. The molecule has 1 aromatic heterocycles. The SMILES string of the molecule is COC1=C[C@@]2(c3ccccc3)CCN[C@H](c3ccco3)[C@H]2C(OC)=C1. The second-order valence-corrected chi connectivity index (χ2v) is 6.58. The first-order valence-corrected chi connectivity index (χ1v) is 8.63. The zero-order chi connectivity index (χ0) is 17.3. The summed E-state index contributed by atoms with van der Waals surface area (Å²) < 4.78 is 17.2. The fraction of sp³-hybridized carbons (Fsp3) is 0.333. The third-order valence-corrected chi connectivity index (χ3v) is 5.41. The summed E-state index contributed by atoms with van der Waals surface area (Å²) in [6.07, 6.45) is 6.94. The van der Waals surface area contributed by atoms with Crippen LogP contribution in [0.4, 0.5) is 0 Å². The highest BCUT2D eigenvalue weighted by Gasteiger charge is 2.51. The fourth-order valence-electron chi connectivity index (χ4n) is 4.30. The average Bonchev–Trinajstić information content (AvgIpc) is 3.21. The van der Waals surface area contributed by atoms with Gasteiger partial charge in [0.2, 0.25) is 0 Å². The molecular weight excluding hydrogens is 314 g/mol. The van der Waals surface area contributed by atoms with Crippen molar-refractivity contribution in [3.63, 3.8) is 0 Å². The maximum absolute atomic E-state index is 5.83. The van der Waals surface area contributed by atoms with Gasteiger partial charge < -0.3 is 19.2 Å². The van der Waals surface area contributed by atoms with E-state index in [0.29, 0.717) is 0 Å². The molecular formula is C21H23NO3. The molecule has 1 N–H and O–H groups in total. The van der Waals surface area contributed by atoms with Crippen LogP contribution in [0.5, 0.6) is 0 Å². The Bertz CT molecular complexity index is 779. The highest BCUT2D eigenvalue weighted by atomic mass is 16.5. The van der Waals surface area contributed by atoms with E-state index in [9.17, 15) is 0 Å². The maximum Gasteiger partial charge on any atom is 0.121 e. The Hall–Kier alpha value is -2.46. The van der Waals surface area contributed by atoms with Crippen LogP contribution in [0.3, 0.4) is 0 Å². The highest BCUT2D eigenvalue weighted by Crippen LogP contribution is 2.52. The van der Waals surface area contributed by atoms with Crippen LogP contribution in [-0.2, 0) is 14.9 Å². The summed E-state index contributed by atoms with van der Waals surface area (Å²) in [4.78, 5) is 0. The molecule has 0 spiro atoms. The van der Waals surface area contributed by atoms with Gasteiger partial charge in [-0.3, -0.25) is 0 Å². The van der Waals surface area contributed by atoms with Crippen molar-refractivity contribution in [2.24, 2.45) is 5.92 Å². The van der Waals surface area contributed by atoms with E-state index >= 15 is 0 Å². The van der Waals surface area contributed by atoms with Gasteiger partial charge in [0.1, 0.15) is 17.3 Å². The average molecular weight is 337 g/mol. The zero-order valence-electron chi connectivity index (χ0n) is 14.6. The summed E-state index contributed by atoms with van der Waals surface area (Å²) >= 11 is 0. The molecule has 1 fully saturated rings. The van der Waals surface area contributed by atoms with Gasteiger partial charge in [-0.25, -0.2) is 0 Å². The largest absolute Gasteiger partial charge is 0.501 e. The third kappa shape index (κ3) is 2.57. The standard InChI is InChI=1S/C21H23NO3/c1-23-16-13-18(24-2)19-20(17-9-6-12-25-17)22-11-10-21(19,14-16)15-7-4-3-5-8-15/h3-9,12-14,19-20,22H,10-11H2,1-2H3/t19-,20-,21-/m1/s1. The second-order valence-electron chi connectivity index (χ2n) is 6.58. The lowest BCUT2D eigenvalue weighted by molar-refractivity contribution is 0.114. The smallest absolute Gasteiger partial charge is 0.121 e. The summed E-state index contributed by atoms with van der Waals surface area (Å²) in [7, 11) is 3.44. The van der Waals surface area contributed by atoms with Gasteiger partial charge in [0.05, 0.1) is 32.4 Å². The number of ether oxygens (including phenoxy) is 2. The number of furan rings is 1. The van der Waals surface area contributed by atoms with E-state index in [2.05, 4.69) is 41.7 Å². The van der Waals surface area contributed by atoms with Crippen molar-refractivity contribution in [3.8, 4) is 0 Å². The highest BCUT2D eigenvalue weighted by molar-refractivity contribution is 5.44. The molecule has 1 aliphatic heterocycles. The molecule has 3 atom stereocenters. The number of allylic oxidation sites excluding steroid dienone is 2. The first-order valence-electron chi connectivity index (χ1n) is 8.63. The van der Waals surface area contributed by atoms with Gasteiger partial charge in [-0.1, -0.05) is 30.3 Å². The van der Waals surface area contributed by atoms with Crippen LogP contribution >= 0.6 is 0 Å². The Labute approximate surface area is 148 Å². The van der Waals surface area contributed by atoms with Crippen molar-refractivity contribution in [1.29, 1.82) is 0 Å². The predicted octanol–water partition coefficient (Wildman–Crippen LogP) is 3.94. The summed E-state index contributed by atoms with van der Waals surface area (Å²) in [5.74, 6) is 2.79. The molecule has 2 aromatic rings.